The van der Waals surface area contributed by atoms with Gasteiger partial charge in [-0.05, 0) is 25.8 Å². The van der Waals surface area contributed by atoms with Crippen molar-refractivity contribution in [1.29, 1.82) is 0 Å². The second-order valence-electron chi connectivity index (χ2n) is 6.87. The summed E-state index contributed by atoms with van der Waals surface area (Å²) in [5.41, 5.74) is -0.801. The normalized spacial score (nSPS) is 23.3. The standard InChI is InChI=1S/C19H27F3N4O3/c1-2-23-18(26-8-11-28-16(13-26)15-4-3-9-27-15)24-7-10-29-17-6-5-14(12-25-17)19(20,21)22/h5-6,12,15-16H,2-4,7-11,13H2,1H3,(H,23,24). The van der Waals surface area contributed by atoms with E-state index in [9.17, 15) is 13.2 Å². The smallest absolute Gasteiger partial charge is 0.417 e. The molecule has 162 valence electrons. The molecule has 0 radical (unpaired) electrons. The first-order chi connectivity index (χ1) is 14.0. The first-order valence-corrected chi connectivity index (χ1v) is 9.90. The van der Waals surface area contributed by atoms with Crippen molar-refractivity contribution in [3.63, 3.8) is 0 Å². The summed E-state index contributed by atoms with van der Waals surface area (Å²) in [5.74, 6) is 0.908. The van der Waals surface area contributed by atoms with Crippen LogP contribution in [0.15, 0.2) is 23.3 Å². The number of aromatic nitrogens is 1. The molecule has 1 aromatic rings. The van der Waals surface area contributed by atoms with Crippen molar-refractivity contribution in [3.8, 4) is 5.88 Å². The van der Waals surface area contributed by atoms with Crippen LogP contribution in [-0.2, 0) is 15.7 Å². The van der Waals surface area contributed by atoms with Gasteiger partial charge < -0.3 is 24.4 Å². The number of nitrogens with one attached hydrogen (secondary N) is 1. The molecule has 0 amide bonds. The van der Waals surface area contributed by atoms with E-state index in [0.29, 0.717) is 19.7 Å². The fraction of sp³-hybridized carbons (Fsp3) is 0.684. The molecule has 10 heteroatoms. The number of nitrogens with zero attached hydrogens (tertiary/aromatic N) is 3. The summed E-state index contributed by atoms with van der Waals surface area (Å²) in [6.45, 7) is 6.13. The number of aliphatic imine (C=N–C) groups is 1. The summed E-state index contributed by atoms with van der Waals surface area (Å²) >= 11 is 0. The Morgan fingerprint density at radius 2 is 2.14 bits per heavy atom. The number of rotatable bonds is 6. The third-order valence-electron chi connectivity index (χ3n) is 4.77. The molecular weight excluding hydrogens is 389 g/mol. The Kier molecular flexibility index (Phi) is 7.54. The van der Waals surface area contributed by atoms with E-state index >= 15 is 0 Å². The number of pyridine rings is 1. The summed E-state index contributed by atoms with van der Waals surface area (Å²) in [5, 5.41) is 3.27. The van der Waals surface area contributed by atoms with Crippen molar-refractivity contribution in [2.75, 3.05) is 46.0 Å². The van der Waals surface area contributed by atoms with Crippen molar-refractivity contribution in [2.45, 2.75) is 38.1 Å². The van der Waals surface area contributed by atoms with Gasteiger partial charge in [0.2, 0.25) is 5.88 Å². The zero-order valence-corrected chi connectivity index (χ0v) is 16.5. The van der Waals surface area contributed by atoms with Gasteiger partial charge in [-0.2, -0.15) is 13.2 Å². The van der Waals surface area contributed by atoms with E-state index in [1.807, 2.05) is 6.92 Å². The van der Waals surface area contributed by atoms with Gasteiger partial charge in [-0.3, -0.25) is 0 Å². The lowest BCUT2D eigenvalue weighted by atomic mass is 10.1. The maximum atomic E-state index is 12.6. The van der Waals surface area contributed by atoms with Crippen LogP contribution >= 0.6 is 0 Å². The molecule has 29 heavy (non-hydrogen) atoms. The third kappa shape index (κ3) is 6.20. The van der Waals surface area contributed by atoms with E-state index < -0.39 is 11.7 Å². The maximum Gasteiger partial charge on any atom is 0.417 e. The molecule has 7 nitrogen and oxygen atoms in total. The summed E-state index contributed by atoms with van der Waals surface area (Å²) in [6, 6.07) is 2.17. The van der Waals surface area contributed by atoms with Gasteiger partial charge >= 0.3 is 6.18 Å². The molecule has 0 bridgehead atoms. The Labute approximate surface area is 168 Å². The maximum absolute atomic E-state index is 12.6. The first-order valence-electron chi connectivity index (χ1n) is 9.90. The predicted octanol–water partition coefficient (Wildman–Crippen LogP) is 2.32. The Bertz CT molecular complexity index is 664. The van der Waals surface area contributed by atoms with Crippen LogP contribution in [0.2, 0.25) is 0 Å². The highest BCUT2D eigenvalue weighted by Crippen LogP contribution is 2.29. The average Bonchev–Trinajstić information content (AvgIpc) is 3.25. The minimum Gasteiger partial charge on any atom is -0.476 e. The Balaban J connectivity index is 1.51. The van der Waals surface area contributed by atoms with Gasteiger partial charge in [-0.25, -0.2) is 9.98 Å². The van der Waals surface area contributed by atoms with Crippen molar-refractivity contribution < 1.29 is 27.4 Å². The molecule has 3 heterocycles. The molecule has 2 fully saturated rings. The molecule has 2 unspecified atom stereocenters. The number of hydrogen-bond acceptors (Lipinski definition) is 5. The number of guanidine groups is 1. The van der Waals surface area contributed by atoms with Gasteiger partial charge in [0, 0.05) is 38.5 Å². The average molecular weight is 416 g/mol. The fourth-order valence-corrected chi connectivity index (χ4v) is 3.35. The monoisotopic (exact) mass is 416 g/mol. The first kappa shape index (κ1) is 21.6. The highest BCUT2D eigenvalue weighted by Gasteiger charge is 2.32. The summed E-state index contributed by atoms with van der Waals surface area (Å²) in [4.78, 5) is 10.4. The number of alkyl halides is 3. The number of hydrogen-bond donors (Lipinski definition) is 1. The molecule has 0 spiro atoms. The van der Waals surface area contributed by atoms with E-state index in [1.54, 1.807) is 0 Å². The molecule has 2 aliphatic heterocycles. The Morgan fingerprint density at radius 1 is 1.31 bits per heavy atom. The van der Waals surface area contributed by atoms with Crippen molar-refractivity contribution in [1.82, 2.24) is 15.2 Å². The van der Waals surface area contributed by atoms with Crippen LogP contribution in [0.1, 0.15) is 25.3 Å². The molecule has 2 atom stereocenters. The van der Waals surface area contributed by atoms with Gasteiger partial charge in [0.25, 0.3) is 0 Å². The van der Waals surface area contributed by atoms with Crippen molar-refractivity contribution in [3.05, 3.63) is 23.9 Å². The topological polar surface area (TPSA) is 68.2 Å². The zero-order valence-electron chi connectivity index (χ0n) is 16.5. The second-order valence-corrected chi connectivity index (χ2v) is 6.87. The SMILES string of the molecule is CCNC(=NCCOc1ccc(C(F)(F)F)cn1)N1CCOC(C2CCCO2)C1. The summed E-state index contributed by atoms with van der Waals surface area (Å²) < 4.78 is 54.7. The highest BCUT2D eigenvalue weighted by molar-refractivity contribution is 5.80. The molecule has 0 saturated carbocycles. The van der Waals surface area contributed by atoms with Crippen LogP contribution in [0.25, 0.3) is 0 Å². The van der Waals surface area contributed by atoms with Crippen molar-refractivity contribution >= 4 is 5.96 Å². The zero-order chi connectivity index (χ0) is 20.7. The number of halogens is 3. The highest BCUT2D eigenvalue weighted by atomic mass is 19.4. The van der Waals surface area contributed by atoms with Crippen LogP contribution < -0.4 is 10.1 Å². The number of ether oxygens (including phenoxy) is 3. The lowest BCUT2D eigenvalue weighted by Crippen LogP contribution is -2.53. The Hall–Kier alpha value is -2.07. The molecule has 3 rings (SSSR count). The molecule has 2 aliphatic rings. The van der Waals surface area contributed by atoms with E-state index in [2.05, 4.69) is 20.2 Å². The van der Waals surface area contributed by atoms with Gasteiger partial charge in [0.1, 0.15) is 12.7 Å². The van der Waals surface area contributed by atoms with E-state index in [4.69, 9.17) is 14.2 Å². The van der Waals surface area contributed by atoms with E-state index in [0.717, 1.165) is 50.8 Å². The Morgan fingerprint density at radius 3 is 2.79 bits per heavy atom. The minimum absolute atomic E-state index is 0.0303. The minimum atomic E-state index is -4.41. The molecule has 0 aromatic carbocycles. The molecule has 1 N–H and O–H groups in total. The summed E-state index contributed by atoms with van der Waals surface area (Å²) in [6.07, 6.45) is -1.40. The van der Waals surface area contributed by atoms with Crippen LogP contribution in [0.4, 0.5) is 13.2 Å². The van der Waals surface area contributed by atoms with Crippen molar-refractivity contribution in [2.24, 2.45) is 4.99 Å². The molecule has 2 saturated heterocycles. The predicted molar refractivity (Wildman–Crippen MR) is 101 cm³/mol. The fourth-order valence-electron chi connectivity index (χ4n) is 3.35. The lowest BCUT2D eigenvalue weighted by Gasteiger charge is -2.37. The molecule has 1 aromatic heterocycles. The van der Waals surface area contributed by atoms with Gasteiger partial charge in [0.05, 0.1) is 24.8 Å². The van der Waals surface area contributed by atoms with Crippen LogP contribution in [0.3, 0.4) is 0 Å². The van der Waals surface area contributed by atoms with Crippen LogP contribution in [0.5, 0.6) is 5.88 Å². The largest absolute Gasteiger partial charge is 0.476 e. The van der Waals surface area contributed by atoms with Gasteiger partial charge in [0.15, 0.2) is 5.96 Å². The molecular formula is C19H27F3N4O3. The summed E-state index contributed by atoms with van der Waals surface area (Å²) in [7, 11) is 0. The van der Waals surface area contributed by atoms with Crippen LogP contribution in [0, 0.1) is 0 Å². The van der Waals surface area contributed by atoms with Gasteiger partial charge in [-0.1, -0.05) is 0 Å². The molecule has 0 aliphatic carbocycles. The van der Waals surface area contributed by atoms with E-state index in [-0.39, 0.29) is 24.7 Å². The third-order valence-corrected chi connectivity index (χ3v) is 4.77. The number of morpholine rings is 1. The van der Waals surface area contributed by atoms with Crippen LogP contribution in [-0.4, -0.2) is 74.1 Å². The van der Waals surface area contributed by atoms with Gasteiger partial charge in [-0.15, -0.1) is 0 Å². The quantitative estimate of drug-likeness (QED) is 0.436. The lowest BCUT2D eigenvalue weighted by molar-refractivity contribution is -0.137. The second kappa shape index (κ2) is 10.1. The van der Waals surface area contributed by atoms with E-state index in [1.165, 1.54) is 6.07 Å².